The Bertz CT molecular complexity index is 407. The summed E-state index contributed by atoms with van der Waals surface area (Å²) in [7, 11) is 0. The fourth-order valence-corrected chi connectivity index (χ4v) is 2.47. The fraction of sp³-hybridized carbons (Fsp3) is 0.533. The number of rotatable bonds is 4. The van der Waals surface area contributed by atoms with Gasteiger partial charge in [-0.25, -0.2) is 0 Å². The van der Waals surface area contributed by atoms with E-state index < -0.39 is 0 Å². The summed E-state index contributed by atoms with van der Waals surface area (Å²) in [6.07, 6.45) is 0.366. The van der Waals surface area contributed by atoms with Crippen LogP contribution in [0.5, 0.6) is 0 Å². The quantitative estimate of drug-likeness (QED) is 0.835. The van der Waals surface area contributed by atoms with Crippen LogP contribution >= 0.6 is 0 Å². The van der Waals surface area contributed by atoms with Crippen molar-refractivity contribution in [2.45, 2.75) is 26.0 Å². The van der Waals surface area contributed by atoms with Crippen molar-refractivity contribution in [2.24, 2.45) is 5.92 Å². The molecule has 19 heavy (non-hydrogen) atoms. The zero-order valence-corrected chi connectivity index (χ0v) is 11.3. The van der Waals surface area contributed by atoms with Crippen molar-refractivity contribution in [3.63, 3.8) is 0 Å². The summed E-state index contributed by atoms with van der Waals surface area (Å²) < 4.78 is 5.02. The van der Waals surface area contributed by atoms with Gasteiger partial charge in [0.1, 0.15) is 0 Å². The van der Waals surface area contributed by atoms with Crippen LogP contribution in [0.4, 0.5) is 0 Å². The van der Waals surface area contributed by atoms with E-state index >= 15 is 0 Å². The molecule has 4 heteroatoms. The van der Waals surface area contributed by atoms with Crippen LogP contribution in [0.2, 0.25) is 0 Å². The molecule has 1 aromatic carbocycles. The van der Waals surface area contributed by atoms with Crippen LogP contribution < -0.4 is 0 Å². The topological polar surface area (TPSA) is 49.8 Å². The maximum atomic E-state index is 10.8. The first-order valence-electron chi connectivity index (χ1n) is 6.73. The Morgan fingerprint density at radius 2 is 2.16 bits per heavy atom. The Labute approximate surface area is 114 Å². The lowest BCUT2D eigenvalue weighted by Gasteiger charge is -2.35. The van der Waals surface area contributed by atoms with E-state index in [1.54, 1.807) is 0 Å². The Morgan fingerprint density at radius 3 is 2.84 bits per heavy atom. The summed E-state index contributed by atoms with van der Waals surface area (Å²) >= 11 is 0. The van der Waals surface area contributed by atoms with Crippen LogP contribution in [-0.4, -0.2) is 41.8 Å². The predicted molar refractivity (Wildman–Crippen MR) is 72.5 cm³/mol. The van der Waals surface area contributed by atoms with E-state index in [1.165, 1.54) is 12.5 Å². The molecule has 104 valence electrons. The molecule has 2 atom stereocenters. The standard InChI is InChI=1S/C15H21NO3/c1-12(17)19-11-14-10-16(8-7-15(14)18)9-13-5-3-2-4-6-13/h2-6,14-15,18H,7-11H2,1H3/t14-,15-/m1/s1. The largest absolute Gasteiger partial charge is 0.465 e. The van der Waals surface area contributed by atoms with Crippen molar-refractivity contribution in [3.05, 3.63) is 35.9 Å². The number of benzene rings is 1. The van der Waals surface area contributed by atoms with Crippen LogP contribution in [-0.2, 0) is 16.1 Å². The number of esters is 1. The van der Waals surface area contributed by atoms with Crippen molar-refractivity contribution >= 4 is 5.97 Å². The summed E-state index contributed by atoms with van der Waals surface area (Å²) in [5, 5.41) is 9.95. The van der Waals surface area contributed by atoms with Gasteiger partial charge in [0.15, 0.2) is 0 Å². The normalized spacial score (nSPS) is 24.1. The number of aliphatic hydroxyl groups is 1. The molecule has 0 aliphatic carbocycles. The number of piperidine rings is 1. The fourth-order valence-electron chi connectivity index (χ4n) is 2.47. The number of aliphatic hydroxyl groups excluding tert-OH is 1. The average Bonchev–Trinajstić information content (AvgIpc) is 2.40. The van der Waals surface area contributed by atoms with Crippen molar-refractivity contribution in [3.8, 4) is 0 Å². The summed E-state index contributed by atoms with van der Waals surface area (Å²) in [6, 6.07) is 10.3. The molecular formula is C15H21NO3. The Kier molecular flexibility index (Phi) is 4.93. The first-order valence-corrected chi connectivity index (χ1v) is 6.73. The maximum absolute atomic E-state index is 10.8. The number of ether oxygens (including phenoxy) is 1. The second-order valence-corrected chi connectivity index (χ2v) is 5.14. The second kappa shape index (κ2) is 6.68. The van der Waals surface area contributed by atoms with Gasteiger partial charge >= 0.3 is 5.97 Å². The van der Waals surface area contributed by atoms with Crippen LogP contribution in [0, 0.1) is 5.92 Å². The zero-order valence-electron chi connectivity index (χ0n) is 11.3. The van der Waals surface area contributed by atoms with Gasteiger partial charge in [-0.2, -0.15) is 0 Å². The maximum Gasteiger partial charge on any atom is 0.302 e. The van der Waals surface area contributed by atoms with Crippen LogP contribution in [0.3, 0.4) is 0 Å². The molecule has 0 saturated carbocycles. The summed E-state index contributed by atoms with van der Waals surface area (Å²) in [6.45, 7) is 4.23. The highest BCUT2D eigenvalue weighted by Crippen LogP contribution is 2.19. The minimum absolute atomic E-state index is 0.0152. The van der Waals surface area contributed by atoms with Crippen molar-refractivity contribution in [1.82, 2.24) is 4.90 Å². The highest BCUT2D eigenvalue weighted by molar-refractivity contribution is 5.65. The van der Waals surface area contributed by atoms with Crippen molar-refractivity contribution in [1.29, 1.82) is 0 Å². The number of nitrogens with zero attached hydrogens (tertiary/aromatic N) is 1. The minimum Gasteiger partial charge on any atom is -0.465 e. The van der Waals surface area contributed by atoms with Crippen LogP contribution in [0.25, 0.3) is 0 Å². The van der Waals surface area contributed by atoms with Crippen molar-refractivity contribution in [2.75, 3.05) is 19.7 Å². The van der Waals surface area contributed by atoms with E-state index in [9.17, 15) is 9.90 Å². The molecule has 1 fully saturated rings. The molecule has 4 nitrogen and oxygen atoms in total. The molecule has 0 unspecified atom stereocenters. The summed E-state index contributed by atoms with van der Waals surface area (Å²) in [5.41, 5.74) is 1.27. The number of likely N-dealkylation sites (tertiary alicyclic amines) is 1. The first kappa shape index (κ1) is 14.0. The minimum atomic E-state index is -0.369. The Morgan fingerprint density at radius 1 is 1.42 bits per heavy atom. The molecule has 1 saturated heterocycles. The van der Waals surface area contributed by atoms with E-state index in [0.29, 0.717) is 6.61 Å². The van der Waals surface area contributed by atoms with Crippen molar-refractivity contribution < 1.29 is 14.6 Å². The van der Waals surface area contributed by atoms with Gasteiger partial charge < -0.3 is 9.84 Å². The second-order valence-electron chi connectivity index (χ2n) is 5.14. The predicted octanol–water partition coefficient (Wildman–Crippen LogP) is 1.43. The molecule has 0 amide bonds. The first-order chi connectivity index (χ1) is 9.15. The van der Waals surface area contributed by atoms with Gasteiger partial charge in [-0.3, -0.25) is 9.69 Å². The Hall–Kier alpha value is -1.39. The molecular weight excluding hydrogens is 242 g/mol. The van der Waals surface area contributed by atoms with Gasteiger partial charge in [-0.15, -0.1) is 0 Å². The van der Waals surface area contributed by atoms with Gasteiger partial charge in [0.25, 0.3) is 0 Å². The van der Waals surface area contributed by atoms with E-state index in [0.717, 1.165) is 26.1 Å². The summed E-state index contributed by atoms with van der Waals surface area (Å²) in [4.78, 5) is 13.1. The molecule has 1 aliphatic rings. The van der Waals surface area contributed by atoms with E-state index in [4.69, 9.17) is 4.74 Å². The van der Waals surface area contributed by atoms with E-state index in [2.05, 4.69) is 17.0 Å². The van der Waals surface area contributed by atoms with Gasteiger partial charge in [-0.1, -0.05) is 30.3 Å². The lowest BCUT2D eigenvalue weighted by Crippen LogP contribution is -2.44. The number of carbonyl (C=O) groups excluding carboxylic acids is 1. The third-order valence-corrected chi connectivity index (χ3v) is 3.53. The zero-order chi connectivity index (χ0) is 13.7. The molecule has 0 bridgehead atoms. The molecule has 2 rings (SSSR count). The average molecular weight is 263 g/mol. The summed E-state index contributed by atoms with van der Waals surface area (Å²) in [5.74, 6) is -0.270. The third kappa shape index (κ3) is 4.33. The molecule has 0 spiro atoms. The van der Waals surface area contributed by atoms with E-state index in [-0.39, 0.29) is 18.0 Å². The van der Waals surface area contributed by atoms with E-state index in [1.807, 2.05) is 18.2 Å². The molecule has 1 aromatic rings. The van der Waals surface area contributed by atoms with Crippen LogP contribution in [0.1, 0.15) is 18.9 Å². The third-order valence-electron chi connectivity index (χ3n) is 3.53. The molecule has 1 heterocycles. The monoisotopic (exact) mass is 263 g/mol. The smallest absolute Gasteiger partial charge is 0.302 e. The lowest BCUT2D eigenvalue weighted by atomic mass is 9.95. The highest BCUT2D eigenvalue weighted by Gasteiger charge is 2.28. The van der Waals surface area contributed by atoms with Gasteiger partial charge in [0.2, 0.25) is 0 Å². The highest BCUT2D eigenvalue weighted by atomic mass is 16.5. The molecule has 0 aromatic heterocycles. The Balaban J connectivity index is 1.88. The number of hydrogen-bond acceptors (Lipinski definition) is 4. The molecule has 1 aliphatic heterocycles. The molecule has 0 radical (unpaired) electrons. The van der Waals surface area contributed by atoms with Gasteiger partial charge in [-0.05, 0) is 12.0 Å². The number of hydrogen-bond donors (Lipinski definition) is 1. The van der Waals surface area contributed by atoms with Gasteiger partial charge in [0, 0.05) is 32.5 Å². The molecule has 1 N–H and O–H groups in total. The SMILES string of the molecule is CC(=O)OC[C@H]1CN(Cc2ccccc2)CC[C@H]1O. The number of carbonyl (C=O) groups is 1. The van der Waals surface area contributed by atoms with Gasteiger partial charge in [0.05, 0.1) is 12.7 Å². The van der Waals surface area contributed by atoms with Crippen LogP contribution in [0.15, 0.2) is 30.3 Å². The lowest BCUT2D eigenvalue weighted by molar-refractivity contribution is -0.144.